The van der Waals surface area contributed by atoms with Gasteiger partial charge in [-0.3, -0.25) is 4.79 Å². The molecule has 60 heavy (non-hydrogen) atoms. The maximum absolute atomic E-state index is 12.6. The topological polar surface area (TPSA) is 110 Å². The molecule has 6 heteroatoms. The number of nitrogens with one attached hydrogen (secondary N) is 1. The molecular weight excluding hydrogens is 743 g/mol. The summed E-state index contributed by atoms with van der Waals surface area (Å²) >= 11 is 0. The van der Waals surface area contributed by atoms with Crippen molar-refractivity contribution >= 4 is 5.91 Å². The smallest absolute Gasteiger partial charge is 0.249 e. The van der Waals surface area contributed by atoms with Crippen LogP contribution in [-0.4, -0.2) is 57.3 Å². The zero-order valence-electron chi connectivity index (χ0n) is 39.7. The van der Waals surface area contributed by atoms with Crippen molar-refractivity contribution in [2.45, 2.75) is 282 Å². The van der Waals surface area contributed by atoms with E-state index in [-0.39, 0.29) is 0 Å². The molecule has 1 amide bonds. The second-order valence-corrected chi connectivity index (χ2v) is 17.8. The molecule has 0 heterocycles. The van der Waals surface area contributed by atoms with Gasteiger partial charge in [0.1, 0.15) is 12.2 Å². The molecule has 0 bridgehead atoms. The molecule has 0 spiro atoms. The Morgan fingerprint density at radius 2 is 0.700 bits per heavy atom. The molecule has 0 saturated heterocycles. The van der Waals surface area contributed by atoms with E-state index in [2.05, 4.69) is 67.8 Å². The van der Waals surface area contributed by atoms with E-state index in [1.807, 2.05) is 0 Å². The number of hydrogen-bond donors (Lipinski definition) is 5. The molecule has 352 valence electrons. The number of hydrogen-bond acceptors (Lipinski definition) is 5. The highest BCUT2D eigenvalue weighted by atomic mass is 16.3. The van der Waals surface area contributed by atoms with Gasteiger partial charge in [-0.2, -0.15) is 0 Å². The normalized spacial score (nSPS) is 14.3. The fourth-order valence-electron chi connectivity index (χ4n) is 7.84. The number of unbranched alkanes of at least 4 members (excludes halogenated alkanes) is 30. The maximum Gasteiger partial charge on any atom is 0.249 e. The second kappa shape index (κ2) is 48.3. The molecule has 0 aliphatic rings. The average molecular weight is 844 g/mol. The molecule has 0 aromatic rings. The Morgan fingerprint density at radius 1 is 0.400 bits per heavy atom. The first-order chi connectivity index (χ1) is 29.5. The molecule has 0 fully saturated rings. The molecule has 0 aromatic carbocycles. The highest BCUT2D eigenvalue weighted by molar-refractivity contribution is 5.80. The van der Waals surface area contributed by atoms with Crippen LogP contribution < -0.4 is 5.32 Å². The summed E-state index contributed by atoms with van der Waals surface area (Å²) in [6.07, 6.45) is 60.3. The first-order valence-electron chi connectivity index (χ1n) is 26.0. The van der Waals surface area contributed by atoms with Crippen molar-refractivity contribution in [2.75, 3.05) is 6.61 Å². The Hall–Kier alpha value is -1.73. The van der Waals surface area contributed by atoms with Crippen LogP contribution in [0.25, 0.3) is 0 Å². The van der Waals surface area contributed by atoms with Gasteiger partial charge >= 0.3 is 0 Å². The van der Waals surface area contributed by atoms with E-state index in [0.717, 1.165) is 51.4 Å². The lowest BCUT2D eigenvalue weighted by Gasteiger charge is -2.27. The van der Waals surface area contributed by atoms with Gasteiger partial charge in [0.05, 0.1) is 18.8 Å². The number of rotatable bonds is 47. The summed E-state index contributed by atoms with van der Waals surface area (Å²) in [6, 6.07) is -1.01. The van der Waals surface area contributed by atoms with Crippen molar-refractivity contribution in [3.05, 3.63) is 48.6 Å². The van der Waals surface area contributed by atoms with E-state index < -0.39 is 36.9 Å². The molecule has 0 rings (SSSR count). The molecule has 0 saturated carbocycles. The molecule has 0 radical (unpaired) electrons. The summed E-state index contributed by atoms with van der Waals surface area (Å²) < 4.78 is 0. The van der Waals surface area contributed by atoms with Crippen LogP contribution in [0.1, 0.15) is 258 Å². The second-order valence-electron chi connectivity index (χ2n) is 17.8. The number of carbonyl (C=O) groups is 1. The summed E-state index contributed by atoms with van der Waals surface area (Å²) in [5, 5.41) is 43.8. The molecule has 4 atom stereocenters. The zero-order valence-corrected chi connectivity index (χ0v) is 39.7. The predicted molar refractivity (Wildman–Crippen MR) is 260 cm³/mol. The zero-order chi connectivity index (χ0) is 43.8. The Labute approximate surface area is 372 Å². The van der Waals surface area contributed by atoms with Crippen LogP contribution in [0.5, 0.6) is 0 Å². The standard InChI is InChI=1S/C54H101NO5/c1-3-5-7-9-11-13-15-17-19-21-22-23-24-25-26-27-28-29-30-31-32-34-36-38-40-42-44-46-48-52(58)54(60)55-50(49-56)53(59)51(57)47-45-43-41-39-37-35-33-20-18-16-14-12-10-8-6-4-2/h12,14,20,25-26,33,39,41,50-53,56-59H,3-11,13,15-19,21-24,27-32,34-38,40,42-49H2,1-2H3,(H,55,60)/b14-12+,26-25-,33-20+,41-39+. The highest BCUT2D eigenvalue weighted by Gasteiger charge is 2.28. The van der Waals surface area contributed by atoms with Gasteiger partial charge in [-0.25, -0.2) is 0 Å². The van der Waals surface area contributed by atoms with E-state index in [1.54, 1.807) is 0 Å². The third-order valence-corrected chi connectivity index (χ3v) is 12.0. The minimum Gasteiger partial charge on any atom is -0.394 e. The quantitative estimate of drug-likeness (QED) is 0.0310. The van der Waals surface area contributed by atoms with E-state index in [1.165, 1.54) is 173 Å². The van der Waals surface area contributed by atoms with Gasteiger partial charge in [0, 0.05) is 0 Å². The molecule has 0 aliphatic carbocycles. The maximum atomic E-state index is 12.6. The molecule has 4 unspecified atom stereocenters. The van der Waals surface area contributed by atoms with Crippen LogP contribution in [-0.2, 0) is 4.79 Å². The van der Waals surface area contributed by atoms with E-state index in [9.17, 15) is 25.2 Å². The monoisotopic (exact) mass is 844 g/mol. The lowest BCUT2D eigenvalue weighted by molar-refractivity contribution is -0.132. The Balaban J connectivity index is 3.68. The van der Waals surface area contributed by atoms with Gasteiger partial charge < -0.3 is 25.7 Å². The summed E-state index contributed by atoms with van der Waals surface area (Å²) in [6.45, 7) is 4.02. The molecule has 0 aliphatic heterocycles. The van der Waals surface area contributed by atoms with Crippen molar-refractivity contribution in [3.8, 4) is 0 Å². The lowest BCUT2D eigenvalue weighted by Crippen LogP contribution is -2.53. The van der Waals surface area contributed by atoms with Gasteiger partial charge in [0.25, 0.3) is 0 Å². The van der Waals surface area contributed by atoms with Crippen molar-refractivity contribution in [1.29, 1.82) is 0 Å². The fraction of sp³-hybridized carbons (Fsp3) is 0.833. The number of aliphatic hydroxyl groups is 4. The SMILES string of the molecule is CCCCC/C=C/CC/C=C/CC/C=C/CCCC(O)C(O)C(CO)NC(=O)C(O)CCCCCCCCCCCCCC/C=C\CCCCCCCCCCCCCC. The van der Waals surface area contributed by atoms with Gasteiger partial charge in [0.2, 0.25) is 5.91 Å². The third-order valence-electron chi connectivity index (χ3n) is 12.0. The van der Waals surface area contributed by atoms with E-state index in [4.69, 9.17) is 0 Å². The molecule has 5 N–H and O–H groups in total. The van der Waals surface area contributed by atoms with Crippen molar-refractivity contribution in [1.82, 2.24) is 5.32 Å². The van der Waals surface area contributed by atoms with Crippen molar-refractivity contribution in [2.24, 2.45) is 0 Å². The number of aliphatic hydroxyl groups excluding tert-OH is 4. The fourth-order valence-corrected chi connectivity index (χ4v) is 7.84. The number of allylic oxidation sites excluding steroid dienone is 8. The molecule has 0 aromatic heterocycles. The van der Waals surface area contributed by atoms with Crippen LogP contribution in [0, 0.1) is 0 Å². The Bertz CT molecular complexity index is 993. The highest BCUT2D eigenvalue weighted by Crippen LogP contribution is 2.16. The van der Waals surface area contributed by atoms with Crippen LogP contribution in [0.4, 0.5) is 0 Å². The number of carbonyl (C=O) groups excluding carboxylic acids is 1. The van der Waals surface area contributed by atoms with Gasteiger partial charge in [-0.1, -0.05) is 217 Å². The summed E-state index contributed by atoms with van der Waals surface area (Å²) in [5.41, 5.74) is 0. The van der Waals surface area contributed by atoms with E-state index >= 15 is 0 Å². The first kappa shape index (κ1) is 58.3. The van der Waals surface area contributed by atoms with Crippen LogP contribution >= 0.6 is 0 Å². The predicted octanol–water partition coefficient (Wildman–Crippen LogP) is 14.6. The molecule has 6 nitrogen and oxygen atoms in total. The van der Waals surface area contributed by atoms with Gasteiger partial charge in [-0.15, -0.1) is 0 Å². The average Bonchev–Trinajstić information content (AvgIpc) is 3.25. The summed E-state index contributed by atoms with van der Waals surface area (Å²) in [7, 11) is 0. The largest absolute Gasteiger partial charge is 0.394 e. The van der Waals surface area contributed by atoms with E-state index in [0.29, 0.717) is 19.3 Å². The van der Waals surface area contributed by atoms with Crippen molar-refractivity contribution < 1.29 is 25.2 Å². The Kier molecular flexibility index (Phi) is 46.9. The molecular formula is C54H101NO5. The summed E-state index contributed by atoms with van der Waals surface area (Å²) in [5.74, 6) is -0.599. The first-order valence-corrected chi connectivity index (χ1v) is 26.0. The van der Waals surface area contributed by atoms with Gasteiger partial charge in [0.15, 0.2) is 0 Å². The van der Waals surface area contributed by atoms with Crippen LogP contribution in [0.15, 0.2) is 48.6 Å². The number of amides is 1. The Morgan fingerprint density at radius 3 is 1.08 bits per heavy atom. The third kappa shape index (κ3) is 41.6. The summed E-state index contributed by atoms with van der Waals surface area (Å²) in [4.78, 5) is 12.6. The minimum atomic E-state index is -1.29. The van der Waals surface area contributed by atoms with Crippen LogP contribution in [0.3, 0.4) is 0 Å². The van der Waals surface area contributed by atoms with Crippen molar-refractivity contribution in [3.63, 3.8) is 0 Å². The van der Waals surface area contributed by atoms with Crippen LogP contribution in [0.2, 0.25) is 0 Å². The lowest BCUT2D eigenvalue weighted by atomic mass is 10.00. The van der Waals surface area contributed by atoms with Gasteiger partial charge in [-0.05, 0) is 89.9 Å². The minimum absolute atomic E-state index is 0.358.